The average Bonchev–Trinajstić information content (AvgIpc) is 2.26. The normalized spacial score (nSPS) is 11.7. The molecule has 18 heavy (non-hydrogen) atoms. The van der Waals surface area contributed by atoms with E-state index in [0.29, 0.717) is 6.54 Å². The third-order valence-corrected chi connectivity index (χ3v) is 1.91. The molecule has 1 heterocycles. The fourth-order valence-corrected chi connectivity index (χ4v) is 1.10. The highest BCUT2D eigenvalue weighted by atomic mass is 35.5. The van der Waals surface area contributed by atoms with Crippen molar-refractivity contribution in [1.29, 1.82) is 0 Å². The molecule has 0 aromatic carbocycles. The molecule has 0 radical (unpaired) electrons. The van der Waals surface area contributed by atoms with Crippen LogP contribution < -0.4 is 10.6 Å². The zero-order valence-electron chi connectivity index (χ0n) is 9.22. The van der Waals surface area contributed by atoms with Crippen molar-refractivity contribution < 1.29 is 17.6 Å². The fraction of sp³-hybridized carbons (Fsp3) is 0.625. The fourth-order valence-electron chi connectivity index (χ4n) is 0.940. The maximum absolute atomic E-state index is 12.6. The van der Waals surface area contributed by atoms with Gasteiger partial charge in [-0.15, -0.1) is 0 Å². The van der Waals surface area contributed by atoms with E-state index < -0.39 is 18.9 Å². The van der Waals surface area contributed by atoms with E-state index in [-0.39, 0.29) is 17.2 Å². The van der Waals surface area contributed by atoms with E-state index in [1.54, 1.807) is 6.92 Å². The van der Waals surface area contributed by atoms with Gasteiger partial charge in [0, 0.05) is 6.54 Å². The number of anilines is 2. The first kappa shape index (κ1) is 14.7. The third kappa shape index (κ3) is 4.13. The summed E-state index contributed by atoms with van der Waals surface area (Å²) in [7, 11) is 0. The molecule has 0 aliphatic carbocycles. The van der Waals surface area contributed by atoms with Crippen LogP contribution >= 0.6 is 11.6 Å². The molecule has 102 valence electrons. The number of hydrogen-bond donors (Lipinski definition) is 2. The van der Waals surface area contributed by atoms with Crippen molar-refractivity contribution in [1.82, 2.24) is 15.0 Å². The number of alkyl halides is 4. The minimum absolute atomic E-state index is 0.0698. The first-order chi connectivity index (χ1) is 8.35. The molecule has 0 unspecified atom stereocenters. The molecule has 0 fully saturated rings. The summed E-state index contributed by atoms with van der Waals surface area (Å²) < 4.78 is 49.1. The van der Waals surface area contributed by atoms with E-state index >= 15 is 0 Å². The van der Waals surface area contributed by atoms with Crippen LogP contribution in [0.4, 0.5) is 29.5 Å². The molecule has 1 aromatic rings. The van der Waals surface area contributed by atoms with Crippen molar-refractivity contribution in [2.24, 2.45) is 0 Å². The molecule has 5 nitrogen and oxygen atoms in total. The van der Waals surface area contributed by atoms with Crippen LogP contribution in [-0.4, -0.2) is 40.4 Å². The number of aromatic nitrogens is 3. The summed E-state index contributed by atoms with van der Waals surface area (Å²) in [5.41, 5.74) is 0. The van der Waals surface area contributed by atoms with E-state index in [9.17, 15) is 17.6 Å². The molecule has 0 bridgehead atoms. The topological polar surface area (TPSA) is 62.7 Å². The molecule has 0 atom stereocenters. The van der Waals surface area contributed by atoms with Crippen LogP contribution in [-0.2, 0) is 0 Å². The zero-order valence-corrected chi connectivity index (χ0v) is 9.98. The Morgan fingerprint density at radius 2 is 1.72 bits per heavy atom. The summed E-state index contributed by atoms with van der Waals surface area (Å²) in [6, 6.07) is 0. The predicted octanol–water partition coefficient (Wildman–Crippen LogP) is 2.27. The maximum atomic E-state index is 12.6. The quantitative estimate of drug-likeness (QED) is 0.786. The second kappa shape index (κ2) is 5.98. The minimum Gasteiger partial charge on any atom is -0.354 e. The largest absolute Gasteiger partial charge is 0.354 e. The van der Waals surface area contributed by atoms with Crippen LogP contribution in [0.5, 0.6) is 0 Å². The Balaban J connectivity index is 2.73. The Morgan fingerprint density at radius 1 is 1.17 bits per heavy atom. The van der Waals surface area contributed by atoms with Crippen molar-refractivity contribution in [3.05, 3.63) is 5.28 Å². The van der Waals surface area contributed by atoms with E-state index in [1.165, 1.54) is 0 Å². The highest BCUT2D eigenvalue weighted by Gasteiger charge is 2.40. The van der Waals surface area contributed by atoms with Crippen LogP contribution in [0.25, 0.3) is 0 Å². The van der Waals surface area contributed by atoms with Gasteiger partial charge in [0.25, 0.3) is 0 Å². The van der Waals surface area contributed by atoms with Crippen molar-refractivity contribution >= 4 is 23.5 Å². The molecule has 1 rings (SSSR count). The molecular weight excluding hydrogens is 278 g/mol. The molecular formula is C8H10ClF4N5. The van der Waals surface area contributed by atoms with Gasteiger partial charge in [0.2, 0.25) is 17.2 Å². The van der Waals surface area contributed by atoms with Gasteiger partial charge in [-0.3, -0.25) is 0 Å². The van der Waals surface area contributed by atoms with Gasteiger partial charge in [0.1, 0.15) is 0 Å². The minimum atomic E-state index is -4.17. The molecule has 0 saturated heterocycles. The Kier molecular flexibility index (Phi) is 4.88. The maximum Gasteiger partial charge on any atom is 0.324 e. The first-order valence-electron chi connectivity index (χ1n) is 4.90. The lowest BCUT2D eigenvalue weighted by Gasteiger charge is -2.15. The Hall–Kier alpha value is -1.38. The van der Waals surface area contributed by atoms with Gasteiger partial charge in [-0.25, -0.2) is 8.78 Å². The Labute approximate surface area is 105 Å². The van der Waals surface area contributed by atoms with E-state index in [0.717, 1.165) is 0 Å². The first-order valence-corrected chi connectivity index (χ1v) is 5.28. The van der Waals surface area contributed by atoms with Gasteiger partial charge in [-0.2, -0.15) is 23.7 Å². The van der Waals surface area contributed by atoms with Crippen LogP contribution in [0.2, 0.25) is 5.28 Å². The van der Waals surface area contributed by atoms with Gasteiger partial charge < -0.3 is 10.6 Å². The smallest absolute Gasteiger partial charge is 0.324 e. The zero-order chi connectivity index (χ0) is 13.8. The van der Waals surface area contributed by atoms with Crippen molar-refractivity contribution in [2.75, 3.05) is 23.7 Å². The molecule has 0 amide bonds. The van der Waals surface area contributed by atoms with Gasteiger partial charge in [-0.05, 0) is 18.5 Å². The highest BCUT2D eigenvalue weighted by Crippen LogP contribution is 2.23. The standard InChI is InChI=1S/C8H10ClF4N5/c1-2-14-6-16-5(9)17-7(18-6)15-3-8(12,13)4(10)11/h4H,2-3H2,1H3,(H2,14,15,16,17,18). The molecule has 10 heteroatoms. The van der Waals surface area contributed by atoms with Crippen LogP contribution in [0.1, 0.15) is 6.92 Å². The lowest BCUT2D eigenvalue weighted by Crippen LogP contribution is -2.35. The molecule has 0 aliphatic heterocycles. The summed E-state index contributed by atoms with van der Waals surface area (Å²) in [6.45, 7) is 0.944. The summed E-state index contributed by atoms with van der Waals surface area (Å²) >= 11 is 5.52. The van der Waals surface area contributed by atoms with Gasteiger partial charge in [-0.1, -0.05) is 0 Å². The number of nitrogens with one attached hydrogen (secondary N) is 2. The summed E-state index contributed by atoms with van der Waals surface area (Å²) in [5.74, 6) is -4.40. The van der Waals surface area contributed by atoms with Crippen LogP contribution in [0, 0.1) is 0 Å². The second-order valence-corrected chi connectivity index (χ2v) is 3.54. The molecule has 1 aromatic heterocycles. The average molecular weight is 288 g/mol. The Bertz CT molecular complexity index is 403. The predicted molar refractivity (Wildman–Crippen MR) is 58.4 cm³/mol. The molecule has 2 N–H and O–H groups in total. The third-order valence-electron chi connectivity index (χ3n) is 1.74. The monoisotopic (exact) mass is 287 g/mol. The van der Waals surface area contributed by atoms with Crippen molar-refractivity contribution in [3.8, 4) is 0 Å². The number of rotatable bonds is 6. The van der Waals surface area contributed by atoms with E-state index in [4.69, 9.17) is 11.6 Å². The Morgan fingerprint density at radius 3 is 2.22 bits per heavy atom. The van der Waals surface area contributed by atoms with E-state index in [1.807, 2.05) is 5.32 Å². The summed E-state index contributed by atoms with van der Waals surface area (Å²) in [6.07, 6.45) is -3.77. The van der Waals surface area contributed by atoms with E-state index in [2.05, 4.69) is 20.3 Å². The van der Waals surface area contributed by atoms with Crippen molar-refractivity contribution in [2.45, 2.75) is 19.3 Å². The van der Waals surface area contributed by atoms with Crippen LogP contribution in [0.15, 0.2) is 0 Å². The molecule has 0 aliphatic rings. The summed E-state index contributed by atoms with van der Waals surface area (Å²) in [4.78, 5) is 10.8. The second-order valence-electron chi connectivity index (χ2n) is 3.20. The van der Waals surface area contributed by atoms with Crippen molar-refractivity contribution in [3.63, 3.8) is 0 Å². The van der Waals surface area contributed by atoms with Gasteiger partial charge in [0.05, 0.1) is 6.54 Å². The van der Waals surface area contributed by atoms with Gasteiger partial charge >= 0.3 is 12.3 Å². The van der Waals surface area contributed by atoms with Gasteiger partial charge in [0.15, 0.2) is 0 Å². The molecule has 0 spiro atoms. The summed E-state index contributed by atoms with van der Waals surface area (Å²) in [5, 5.41) is 4.44. The van der Waals surface area contributed by atoms with Crippen LogP contribution in [0.3, 0.4) is 0 Å². The molecule has 0 saturated carbocycles. The lowest BCUT2D eigenvalue weighted by molar-refractivity contribution is -0.117. The number of nitrogens with zero attached hydrogens (tertiary/aromatic N) is 3. The SMILES string of the molecule is CCNc1nc(Cl)nc(NCC(F)(F)C(F)F)n1. The highest BCUT2D eigenvalue weighted by molar-refractivity contribution is 6.28. The lowest BCUT2D eigenvalue weighted by atomic mass is 10.3. The number of hydrogen-bond acceptors (Lipinski definition) is 5. The number of halogens is 5.